The van der Waals surface area contributed by atoms with Crippen molar-refractivity contribution < 1.29 is 18.7 Å². The van der Waals surface area contributed by atoms with Gasteiger partial charge in [0.1, 0.15) is 5.82 Å². The minimum Gasteiger partial charge on any atom is -0.378 e. The SMILES string of the molecule is O=C(NCCc1ccccc1F)N1CCC(C(=O)N2CCOCC2)CC1. The summed E-state index contributed by atoms with van der Waals surface area (Å²) in [4.78, 5) is 28.4. The first-order chi connectivity index (χ1) is 12.6. The number of carbonyl (C=O) groups excluding carboxylic acids is 2. The van der Waals surface area contributed by atoms with Gasteiger partial charge >= 0.3 is 6.03 Å². The molecule has 0 radical (unpaired) electrons. The van der Waals surface area contributed by atoms with Gasteiger partial charge in [0, 0.05) is 38.6 Å². The maximum Gasteiger partial charge on any atom is 0.317 e. The van der Waals surface area contributed by atoms with Crippen molar-refractivity contribution in [1.29, 1.82) is 0 Å². The Hall–Kier alpha value is -2.15. The van der Waals surface area contributed by atoms with Gasteiger partial charge in [-0.25, -0.2) is 9.18 Å². The molecule has 26 heavy (non-hydrogen) atoms. The van der Waals surface area contributed by atoms with Crippen molar-refractivity contribution in [3.05, 3.63) is 35.6 Å². The normalized spacial score (nSPS) is 18.7. The van der Waals surface area contributed by atoms with E-state index >= 15 is 0 Å². The molecular weight excluding hydrogens is 337 g/mol. The van der Waals surface area contributed by atoms with Crippen molar-refractivity contribution in [2.24, 2.45) is 5.92 Å². The lowest BCUT2D eigenvalue weighted by Gasteiger charge is -2.35. The smallest absolute Gasteiger partial charge is 0.317 e. The first-order valence-electron chi connectivity index (χ1n) is 9.28. The van der Waals surface area contributed by atoms with Crippen LogP contribution in [0.25, 0.3) is 0 Å². The maximum atomic E-state index is 13.6. The highest BCUT2D eigenvalue weighted by Crippen LogP contribution is 2.20. The summed E-state index contributed by atoms with van der Waals surface area (Å²) in [5.74, 6) is -0.0623. The van der Waals surface area contributed by atoms with Crippen molar-refractivity contribution >= 4 is 11.9 Å². The number of rotatable bonds is 4. The minimum absolute atomic E-state index is 0.00411. The van der Waals surface area contributed by atoms with Crippen LogP contribution in [0, 0.1) is 11.7 Å². The quantitative estimate of drug-likeness (QED) is 0.885. The van der Waals surface area contributed by atoms with Gasteiger partial charge in [0.05, 0.1) is 13.2 Å². The van der Waals surface area contributed by atoms with E-state index in [-0.39, 0.29) is 23.7 Å². The van der Waals surface area contributed by atoms with Gasteiger partial charge in [-0.15, -0.1) is 0 Å². The molecule has 2 saturated heterocycles. The number of amides is 3. The second-order valence-electron chi connectivity index (χ2n) is 6.77. The molecule has 0 unspecified atom stereocenters. The predicted octanol–water partition coefficient (Wildman–Crippen LogP) is 1.65. The van der Waals surface area contributed by atoms with Crippen LogP contribution in [0.2, 0.25) is 0 Å². The fraction of sp³-hybridized carbons (Fsp3) is 0.579. The average molecular weight is 363 g/mol. The third-order valence-electron chi connectivity index (χ3n) is 5.08. The van der Waals surface area contributed by atoms with E-state index in [0.717, 1.165) is 0 Å². The first kappa shape index (κ1) is 18.6. The van der Waals surface area contributed by atoms with Crippen LogP contribution in [-0.4, -0.2) is 67.7 Å². The van der Waals surface area contributed by atoms with Crippen LogP contribution in [0.5, 0.6) is 0 Å². The summed E-state index contributed by atoms with van der Waals surface area (Å²) in [6.07, 6.45) is 1.85. The van der Waals surface area contributed by atoms with Gasteiger partial charge in [-0.2, -0.15) is 0 Å². The van der Waals surface area contributed by atoms with Crippen molar-refractivity contribution in [2.45, 2.75) is 19.3 Å². The van der Waals surface area contributed by atoms with Crippen LogP contribution < -0.4 is 5.32 Å². The molecule has 0 spiro atoms. The molecule has 1 aromatic rings. The molecule has 2 aliphatic heterocycles. The topological polar surface area (TPSA) is 61.9 Å². The molecule has 2 heterocycles. The van der Waals surface area contributed by atoms with E-state index in [0.29, 0.717) is 70.8 Å². The number of benzene rings is 1. The van der Waals surface area contributed by atoms with Gasteiger partial charge in [0.15, 0.2) is 0 Å². The van der Waals surface area contributed by atoms with Crippen LogP contribution in [0.4, 0.5) is 9.18 Å². The van der Waals surface area contributed by atoms with E-state index in [1.165, 1.54) is 6.07 Å². The van der Waals surface area contributed by atoms with E-state index in [1.807, 2.05) is 4.90 Å². The first-order valence-corrected chi connectivity index (χ1v) is 9.28. The third kappa shape index (κ3) is 4.72. The summed E-state index contributed by atoms with van der Waals surface area (Å²) in [6, 6.07) is 6.45. The highest BCUT2D eigenvalue weighted by molar-refractivity contribution is 5.80. The Morgan fingerprint density at radius 3 is 2.46 bits per heavy atom. The molecule has 0 aliphatic carbocycles. The zero-order valence-electron chi connectivity index (χ0n) is 15.0. The summed E-state index contributed by atoms with van der Waals surface area (Å²) in [5.41, 5.74) is 0.600. The molecule has 1 aromatic carbocycles. The molecule has 142 valence electrons. The zero-order valence-corrected chi connectivity index (χ0v) is 15.0. The largest absolute Gasteiger partial charge is 0.378 e. The molecule has 2 aliphatic rings. The van der Waals surface area contributed by atoms with Gasteiger partial charge in [0.25, 0.3) is 0 Å². The Morgan fingerprint density at radius 1 is 1.08 bits per heavy atom. The number of nitrogens with zero attached hydrogens (tertiary/aromatic N) is 2. The Morgan fingerprint density at radius 2 is 1.77 bits per heavy atom. The molecule has 0 atom stereocenters. The van der Waals surface area contributed by atoms with E-state index in [1.54, 1.807) is 23.1 Å². The monoisotopic (exact) mass is 363 g/mol. The highest BCUT2D eigenvalue weighted by atomic mass is 19.1. The lowest BCUT2D eigenvalue weighted by atomic mass is 9.95. The van der Waals surface area contributed by atoms with Gasteiger partial charge < -0.3 is 19.9 Å². The van der Waals surface area contributed by atoms with Gasteiger partial charge in [-0.3, -0.25) is 4.79 Å². The van der Waals surface area contributed by atoms with Gasteiger partial charge in [-0.1, -0.05) is 18.2 Å². The predicted molar refractivity (Wildman–Crippen MR) is 95.2 cm³/mol. The standard InChI is InChI=1S/C19H26FN3O3/c20-17-4-2-1-3-15(17)5-8-21-19(25)23-9-6-16(7-10-23)18(24)22-11-13-26-14-12-22/h1-4,16H,5-14H2,(H,21,25). The Kier molecular flexibility index (Phi) is 6.44. The summed E-state index contributed by atoms with van der Waals surface area (Å²) in [5, 5.41) is 2.84. The fourth-order valence-electron chi connectivity index (χ4n) is 3.49. The number of likely N-dealkylation sites (tertiary alicyclic amines) is 1. The fourth-order valence-corrected chi connectivity index (χ4v) is 3.49. The second-order valence-corrected chi connectivity index (χ2v) is 6.77. The van der Waals surface area contributed by atoms with Crippen molar-refractivity contribution in [2.75, 3.05) is 45.9 Å². The van der Waals surface area contributed by atoms with Crippen LogP contribution >= 0.6 is 0 Å². The van der Waals surface area contributed by atoms with E-state index in [9.17, 15) is 14.0 Å². The zero-order chi connectivity index (χ0) is 18.4. The molecule has 7 heteroatoms. The molecular formula is C19H26FN3O3. The van der Waals surface area contributed by atoms with Crippen LogP contribution in [0.1, 0.15) is 18.4 Å². The third-order valence-corrected chi connectivity index (χ3v) is 5.08. The Bertz CT molecular complexity index is 626. The lowest BCUT2D eigenvalue weighted by molar-refractivity contribution is -0.141. The number of morpholine rings is 1. The van der Waals surface area contributed by atoms with E-state index in [4.69, 9.17) is 4.74 Å². The van der Waals surface area contributed by atoms with Crippen molar-refractivity contribution in [3.63, 3.8) is 0 Å². The second kappa shape index (κ2) is 8.98. The lowest BCUT2D eigenvalue weighted by Crippen LogP contribution is -2.49. The molecule has 0 aromatic heterocycles. The molecule has 0 saturated carbocycles. The highest BCUT2D eigenvalue weighted by Gasteiger charge is 2.30. The van der Waals surface area contributed by atoms with Crippen molar-refractivity contribution in [3.8, 4) is 0 Å². The van der Waals surface area contributed by atoms with E-state index in [2.05, 4.69) is 5.32 Å². The molecule has 3 rings (SSSR count). The average Bonchev–Trinajstić information content (AvgIpc) is 2.69. The van der Waals surface area contributed by atoms with Crippen molar-refractivity contribution in [1.82, 2.24) is 15.1 Å². The summed E-state index contributed by atoms with van der Waals surface area (Å²) in [6.45, 7) is 4.08. The summed E-state index contributed by atoms with van der Waals surface area (Å²) >= 11 is 0. The van der Waals surface area contributed by atoms with Crippen LogP contribution in [-0.2, 0) is 16.0 Å². The van der Waals surface area contributed by atoms with Crippen LogP contribution in [0.3, 0.4) is 0 Å². The number of nitrogens with one attached hydrogen (secondary N) is 1. The number of hydrogen-bond acceptors (Lipinski definition) is 3. The van der Waals surface area contributed by atoms with Gasteiger partial charge in [-0.05, 0) is 30.9 Å². The van der Waals surface area contributed by atoms with Crippen LogP contribution in [0.15, 0.2) is 24.3 Å². The Labute approximate surface area is 153 Å². The number of halogens is 1. The van der Waals surface area contributed by atoms with E-state index < -0.39 is 0 Å². The molecule has 6 nitrogen and oxygen atoms in total. The molecule has 1 N–H and O–H groups in total. The Balaban J connectivity index is 1.39. The number of hydrogen-bond donors (Lipinski definition) is 1. The number of ether oxygens (including phenoxy) is 1. The number of urea groups is 1. The maximum absolute atomic E-state index is 13.6. The molecule has 2 fully saturated rings. The molecule has 3 amide bonds. The van der Waals surface area contributed by atoms with Gasteiger partial charge in [0.2, 0.25) is 5.91 Å². The number of carbonyl (C=O) groups is 2. The molecule has 0 bridgehead atoms. The minimum atomic E-state index is -0.246. The summed E-state index contributed by atoms with van der Waals surface area (Å²) in [7, 11) is 0. The number of piperidine rings is 1. The summed E-state index contributed by atoms with van der Waals surface area (Å²) < 4.78 is 18.9.